The van der Waals surface area contributed by atoms with E-state index in [1.165, 1.54) is 23.5 Å². The van der Waals surface area contributed by atoms with E-state index in [1.54, 1.807) is 19.1 Å². The van der Waals surface area contributed by atoms with E-state index in [2.05, 4.69) is 0 Å². The predicted octanol–water partition coefficient (Wildman–Crippen LogP) is 2.73. The number of benzene rings is 1. The number of hydrogen-bond donors (Lipinski definition) is 0. The molecule has 0 atom stereocenters. The van der Waals surface area contributed by atoms with Crippen molar-refractivity contribution in [3.63, 3.8) is 0 Å². The monoisotopic (exact) mass is 301 g/mol. The summed E-state index contributed by atoms with van der Waals surface area (Å²) >= 11 is 1.27. The summed E-state index contributed by atoms with van der Waals surface area (Å²) in [6.07, 6.45) is 0. The minimum atomic E-state index is -0.694. The molecule has 21 heavy (non-hydrogen) atoms. The van der Waals surface area contributed by atoms with Crippen LogP contribution in [0, 0.1) is 13.8 Å². The average molecular weight is 301 g/mol. The first-order valence-electron chi connectivity index (χ1n) is 6.26. The van der Waals surface area contributed by atoms with Gasteiger partial charge >= 0.3 is 5.97 Å². The van der Waals surface area contributed by atoms with Crippen molar-refractivity contribution in [1.82, 2.24) is 5.06 Å². The highest BCUT2D eigenvalue weighted by atomic mass is 32.1. The van der Waals surface area contributed by atoms with Crippen molar-refractivity contribution in [3.05, 3.63) is 56.8 Å². The van der Waals surface area contributed by atoms with Crippen LogP contribution < -0.4 is 0 Å². The molecule has 0 radical (unpaired) electrons. The zero-order chi connectivity index (χ0) is 15.1. The van der Waals surface area contributed by atoms with Gasteiger partial charge in [-0.3, -0.25) is 9.59 Å². The maximum absolute atomic E-state index is 12.1. The van der Waals surface area contributed by atoms with Gasteiger partial charge in [-0.15, -0.1) is 11.3 Å². The molecule has 106 valence electrons. The van der Waals surface area contributed by atoms with Crippen molar-refractivity contribution in [1.29, 1.82) is 0 Å². The van der Waals surface area contributed by atoms with Gasteiger partial charge in [0.15, 0.2) is 0 Å². The standard InChI is InChI=1S/C15H11NO4S/c1-8-7-9(2)21-12(8)15(19)20-16-13(17)10-5-3-4-6-11(10)14(16)18/h3-7H,1-2H3. The van der Waals surface area contributed by atoms with Gasteiger partial charge in [0.2, 0.25) is 0 Å². The van der Waals surface area contributed by atoms with E-state index in [9.17, 15) is 14.4 Å². The fraction of sp³-hybridized carbons (Fsp3) is 0.133. The molecule has 1 aromatic carbocycles. The number of imide groups is 1. The van der Waals surface area contributed by atoms with Gasteiger partial charge in [0.05, 0.1) is 11.1 Å². The van der Waals surface area contributed by atoms with Crippen molar-refractivity contribution in [2.45, 2.75) is 13.8 Å². The van der Waals surface area contributed by atoms with Gasteiger partial charge < -0.3 is 4.84 Å². The van der Waals surface area contributed by atoms with E-state index in [0.717, 1.165) is 10.4 Å². The molecule has 5 nitrogen and oxygen atoms in total. The second-order valence-corrected chi connectivity index (χ2v) is 5.95. The van der Waals surface area contributed by atoms with Crippen LogP contribution in [0.25, 0.3) is 0 Å². The Labute approximate surface area is 124 Å². The summed E-state index contributed by atoms with van der Waals surface area (Å²) in [6.45, 7) is 3.65. The lowest BCUT2D eigenvalue weighted by Gasteiger charge is -2.12. The maximum atomic E-state index is 12.1. The quantitative estimate of drug-likeness (QED) is 0.800. The van der Waals surface area contributed by atoms with Crippen molar-refractivity contribution in [2.75, 3.05) is 0 Å². The van der Waals surface area contributed by atoms with Crippen LogP contribution >= 0.6 is 11.3 Å². The minimum absolute atomic E-state index is 0.245. The molecule has 6 heteroatoms. The number of hydroxylamine groups is 2. The molecule has 1 aliphatic rings. The number of fused-ring (bicyclic) bond motifs is 1. The number of nitrogens with zero attached hydrogens (tertiary/aromatic N) is 1. The predicted molar refractivity (Wildman–Crippen MR) is 76.2 cm³/mol. The Balaban J connectivity index is 1.87. The number of rotatable bonds is 2. The second kappa shape index (κ2) is 4.82. The normalized spacial score (nSPS) is 13.5. The Morgan fingerprint density at radius 1 is 1.10 bits per heavy atom. The summed E-state index contributed by atoms with van der Waals surface area (Å²) in [5, 5.41) is 0.529. The van der Waals surface area contributed by atoms with Crippen LogP contribution in [-0.4, -0.2) is 22.8 Å². The third-order valence-corrected chi connectivity index (χ3v) is 4.29. The molecule has 2 amide bonds. The SMILES string of the molecule is Cc1cc(C)c(C(=O)ON2C(=O)c3ccccc3C2=O)s1. The molecule has 0 N–H and O–H groups in total. The van der Waals surface area contributed by atoms with Crippen molar-refractivity contribution in [3.8, 4) is 0 Å². The molecule has 2 heterocycles. The molecule has 0 spiro atoms. The largest absolute Gasteiger partial charge is 0.374 e. The van der Waals surface area contributed by atoms with Crippen LogP contribution in [0.5, 0.6) is 0 Å². The number of carbonyl (C=O) groups excluding carboxylic acids is 3. The summed E-state index contributed by atoms with van der Waals surface area (Å²) in [7, 11) is 0. The van der Waals surface area contributed by atoms with Gasteiger partial charge in [-0.05, 0) is 37.6 Å². The summed E-state index contributed by atoms with van der Waals surface area (Å²) < 4.78 is 0. The first-order valence-corrected chi connectivity index (χ1v) is 7.08. The average Bonchev–Trinajstić information content (AvgIpc) is 2.92. The summed E-state index contributed by atoms with van der Waals surface area (Å²) in [4.78, 5) is 42.7. The lowest BCUT2D eigenvalue weighted by atomic mass is 10.1. The van der Waals surface area contributed by atoms with E-state index in [-0.39, 0.29) is 11.1 Å². The highest BCUT2D eigenvalue weighted by Crippen LogP contribution is 2.26. The second-order valence-electron chi connectivity index (χ2n) is 4.70. The number of thiophene rings is 1. The van der Waals surface area contributed by atoms with Crippen molar-refractivity contribution < 1.29 is 19.2 Å². The third-order valence-electron chi connectivity index (χ3n) is 3.16. The Bertz CT molecular complexity index is 743. The molecule has 3 rings (SSSR count). The molecular weight excluding hydrogens is 290 g/mol. The molecule has 0 aliphatic carbocycles. The summed E-state index contributed by atoms with van der Waals surface area (Å²) in [5.41, 5.74) is 1.25. The summed E-state index contributed by atoms with van der Waals surface area (Å²) in [6, 6.07) is 8.22. The van der Waals surface area contributed by atoms with Gasteiger partial charge in [-0.25, -0.2) is 4.79 Å². The Hall–Kier alpha value is -2.47. The molecule has 1 aromatic heterocycles. The molecule has 1 aliphatic heterocycles. The molecule has 0 fully saturated rings. The lowest BCUT2D eigenvalue weighted by Crippen LogP contribution is -2.32. The molecule has 2 aromatic rings. The topological polar surface area (TPSA) is 63.7 Å². The Morgan fingerprint density at radius 3 is 2.14 bits per heavy atom. The third kappa shape index (κ3) is 2.13. The van der Waals surface area contributed by atoms with Gasteiger partial charge in [-0.1, -0.05) is 17.2 Å². The van der Waals surface area contributed by atoms with Crippen LogP contribution in [-0.2, 0) is 4.84 Å². The van der Waals surface area contributed by atoms with E-state index < -0.39 is 17.8 Å². The zero-order valence-electron chi connectivity index (χ0n) is 11.4. The van der Waals surface area contributed by atoms with Gasteiger partial charge in [0.1, 0.15) is 4.88 Å². The Kier molecular flexibility index (Phi) is 3.10. The van der Waals surface area contributed by atoms with Crippen LogP contribution in [0.3, 0.4) is 0 Å². The van der Waals surface area contributed by atoms with E-state index in [0.29, 0.717) is 9.94 Å². The molecule has 0 saturated heterocycles. The molecular formula is C15H11NO4S. The highest BCUT2D eigenvalue weighted by Gasteiger charge is 2.39. The molecule has 0 bridgehead atoms. The number of amides is 2. The fourth-order valence-corrected chi connectivity index (χ4v) is 3.12. The van der Waals surface area contributed by atoms with Crippen LogP contribution in [0.1, 0.15) is 40.8 Å². The highest BCUT2D eigenvalue weighted by molar-refractivity contribution is 7.14. The first kappa shape index (κ1) is 13.5. The van der Waals surface area contributed by atoms with E-state index in [4.69, 9.17) is 4.84 Å². The maximum Gasteiger partial charge on any atom is 0.374 e. The lowest BCUT2D eigenvalue weighted by molar-refractivity contribution is -0.0581. The summed E-state index contributed by atoms with van der Waals surface area (Å²) in [5.74, 6) is -1.93. The molecule has 0 unspecified atom stereocenters. The Morgan fingerprint density at radius 2 is 1.67 bits per heavy atom. The molecule has 0 saturated carbocycles. The van der Waals surface area contributed by atoms with Crippen LogP contribution in [0.4, 0.5) is 0 Å². The van der Waals surface area contributed by atoms with Crippen LogP contribution in [0.15, 0.2) is 30.3 Å². The van der Waals surface area contributed by atoms with Gasteiger partial charge in [0.25, 0.3) is 11.8 Å². The minimum Gasteiger partial charge on any atom is -0.323 e. The van der Waals surface area contributed by atoms with Crippen LogP contribution in [0.2, 0.25) is 0 Å². The van der Waals surface area contributed by atoms with E-state index >= 15 is 0 Å². The van der Waals surface area contributed by atoms with Crippen molar-refractivity contribution in [2.24, 2.45) is 0 Å². The smallest absolute Gasteiger partial charge is 0.323 e. The van der Waals surface area contributed by atoms with Gasteiger partial charge in [0, 0.05) is 4.88 Å². The number of carbonyl (C=O) groups is 3. The fourth-order valence-electron chi connectivity index (χ4n) is 2.22. The van der Waals surface area contributed by atoms with E-state index in [1.807, 2.05) is 13.0 Å². The van der Waals surface area contributed by atoms with Gasteiger partial charge in [-0.2, -0.15) is 0 Å². The number of hydrogen-bond acceptors (Lipinski definition) is 5. The van der Waals surface area contributed by atoms with Crippen molar-refractivity contribution >= 4 is 29.1 Å². The zero-order valence-corrected chi connectivity index (χ0v) is 12.2. The number of aryl methyl sites for hydroxylation is 2. The first-order chi connectivity index (χ1) is 9.99.